The first-order valence-electron chi connectivity index (χ1n) is 9.48. The van der Waals surface area contributed by atoms with Crippen molar-refractivity contribution in [3.63, 3.8) is 0 Å². The fraction of sp³-hybridized carbons (Fsp3) is 0.333. The van der Waals surface area contributed by atoms with Crippen LogP contribution in [0.15, 0.2) is 54.6 Å². The molecule has 1 unspecified atom stereocenters. The highest BCUT2D eigenvalue weighted by molar-refractivity contribution is 6.46. The molecule has 28 heavy (non-hydrogen) atoms. The second kappa shape index (κ2) is 8.75. The predicted molar refractivity (Wildman–Crippen MR) is 102 cm³/mol. The molecule has 1 fully saturated rings. The highest BCUT2D eigenvalue weighted by Crippen LogP contribution is 2.37. The third kappa shape index (κ3) is 3.80. The van der Waals surface area contributed by atoms with Crippen molar-refractivity contribution in [1.29, 1.82) is 0 Å². The number of carbonyl (C=O) groups excluding carboxylic acids is 2. The van der Waals surface area contributed by atoms with Crippen molar-refractivity contribution in [2.45, 2.75) is 19.9 Å². The second-order valence-corrected chi connectivity index (χ2v) is 6.70. The van der Waals surface area contributed by atoms with Crippen molar-refractivity contribution in [1.82, 2.24) is 14.9 Å². The summed E-state index contributed by atoms with van der Waals surface area (Å²) in [7, 11) is 0. The number of likely N-dealkylation sites (N-methyl/N-ethyl adjacent to an activating group) is 1. The Morgan fingerprint density at radius 3 is 2.43 bits per heavy atom. The maximum absolute atomic E-state index is 13.1. The third-order valence-corrected chi connectivity index (χ3v) is 5.18. The first-order valence-corrected chi connectivity index (χ1v) is 9.48. The fourth-order valence-electron chi connectivity index (χ4n) is 3.53. The minimum Gasteiger partial charge on any atom is -0.872 e. The van der Waals surface area contributed by atoms with Gasteiger partial charge >= 0.3 is 0 Å². The zero-order valence-electron chi connectivity index (χ0n) is 16.1. The van der Waals surface area contributed by atoms with Gasteiger partial charge in [0.05, 0.1) is 32.2 Å². The monoisotopic (exact) mass is 380 g/mol. The Morgan fingerprint density at radius 1 is 1.11 bits per heavy atom. The lowest BCUT2D eigenvalue weighted by Crippen LogP contribution is -3.12. The van der Waals surface area contributed by atoms with Gasteiger partial charge in [0.15, 0.2) is 0 Å². The zero-order valence-corrected chi connectivity index (χ0v) is 16.1. The summed E-state index contributed by atoms with van der Waals surface area (Å²) in [4.78, 5) is 36.5. The Bertz CT molecular complexity index is 864. The van der Waals surface area contributed by atoms with E-state index in [4.69, 9.17) is 0 Å². The summed E-state index contributed by atoms with van der Waals surface area (Å²) in [5, 5.41) is 13.1. The molecule has 3 rings (SSSR count). The number of hydrogen-bond acceptors (Lipinski definition) is 5. The molecule has 2 aromatic heterocycles. The largest absolute Gasteiger partial charge is 0.872 e. The molecule has 3 heterocycles. The molecule has 7 nitrogen and oxygen atoms in total. The van der Waals surface area contributed by atoms with Crippen molar-refractivity contribution in [3.05, 3.63) is 65.8 Å². The summed E-state index contributed by atoms with van der Waals surface area (Å²) in [5.41, 5.74) is 0.989. The molecule has 0 spiro atoms. The topological polar surface area (TPSA) is 90.7 Å². The standard InChI is InChI=1S/C21H24N4O3/c1-3-24(4-2)12-13-25-18(16-6-5-9-23-14-16)17(20(27)21(25)28)19(26)15-7-10-22-11-8-15/h5-11,14,18,26H,3-4,12-13H2,1-2H3. The molecule has 1 saturated heterocycles. The molecule has 0 bridgehead atoms. The van der Waals surface area contributed by atoms with E-state index >= 15 is 0 Å². The maximum atomic E-state index is 13.1. The van der Waals surface area contributed by atoms with Gasteiger partial charge in [-0.25, -0.2) is 0 Å². The molecule has 0 radical (unpaired) electrons. The van der Waals surface area contributed by atoms with Gasteiger partial charge in [-0.05, 0) is 43.2 Å². The van der Waals surface area contributed by atoms with Crippen molar-refractivity contribution in [2.75, 3.05) is 26.2 Å². The maximum Gasteiger partial charge on any atom is 0.295 e. The van der Waals surface area contributed by atoms with Crippen LogP contribution in [0.2, 0.25) is 0 Å². The molecular formula is C21H24N4O3. The van der Waals surface area contributed by atoms with Crippen LogP contribution in [0.3, 0.4) is 0 Å². The van der Waals surface area contributed by atoms with E-state index in [9.17, 15) is 14.7 Å². The molecule has 0 aliphatic carbocycles. The Balaban J connectivity index is 2.06. The highest BCUT2D eigenvalue weighted by atomic mass is 16.3. The van der Waals surface area contributed by atoms with Crippen LogP contribution < -0.4 is 10.0 Å². The van der Waals surface area contributed by atoms with E-state index in [1.165, 1.54) is 22.2 Å². The van der Waals surface area contributed by atoms with Gasteiger partial charge in [-0.1, -0.05) is 11.8 Å². The molecule has 7 heteroatoms. The number of aromatic nitrogens is 2. The lowest BCUT2D eigenvalue weighted by atomic mass is 9.96. The van der Waals surface area contributed by atoms with E-state index in [-0.39, 0.29) is 5.57 Å². The molecule has 2 aromatic rings. The molecule has 1 atom stereocenters. The van der Waals surface area contributed by atoms with E-state index in [2.05, 4.69) is 23.8 Å². The predicted octanol–water partition coefficient (Wildman–Crippen LogP) is -0.375. The quantitative estimate of drug-likeness (QED) is 0.402. The van der Waals surface area contributed by atoms with Crippen LogP contribution in [0.25, 0.3) is 5.76 Å². The summed E-state index contributed by atoms with van der Waals surface area (Å²) in [6, 6.07) is 5.92. The summed E-state index contributed by atoms with van der Waals surface area (Å²) >= 11 is 0. The first kappa shape index (κ1) is 19.7. The number of nitrogens with one attached hydrogen (secondary N) is 1. The second-order valence-electron chi connectivity index (χ2n) is 6.70. The summed E-state index contributed by atoms with van der Waals surface area (Å²) < 4.78 is 0. The molecule has 1 aliphatic rings. The molecule has 146 valence electrons. The number of pyridine rings is 2. The van der Waals surface area contributed by atoms with Gasteiger partial charge < -0.3 is 14.9 Å². The van der Waals surface area contributed by atoms with Crippen LogP contribution in [0, 0.1) is 0 Å². The van der Waals surface area contributed by atoms with Crippen LogP contribution in [0.5, 0.6) is 0 Å². The average molecular weight is 380 g/mol. The Morgan fingerprint density at radius 2 is 1.82 bits per heavy atom. The number of carbonyl (C=O) groups is 2. The SMILES string of the molecule is CC[NH+](CC)CCN1C(=O)C(=O)C(=C([O-])c2ccncc2)C1c1cccnc1. The van der Waals surface area contributed by atoms with Crippen molar-refractivity contribution >= 4 is 17.4 Å². The van der Waals surface area contributed by atoms with E-state index in [1.807, 2.05) is 0 Å². The molecular weight excluding hydrogens is 356 g/mol. The number of ketones is 1. The Hall–Kier alpha value is -3.06. The van der Waals surface area contributed by atoms with Crippen LogP contribution in [0.4, 0.5) is 0 Å². The highest BCUT2D eigenvalue weighted by Gasteiger charge is 2.44. The molecule has 1 N–H and O–H groups in total. The summed E-state index contributed by atoms with van der Waals surface area (Å²) in [5.74, 6) is -1.80. The molecule has 0 saturated carbocycles. The van der Waals surface area contributed by atoms with Gasteiger partial charge in [0.25, 0.3) is 5.91 Å². The van der Waals surface area contributed by atoms with E-state index < -0.39 is 23.5 Å². The average Bonchev–Trinajstić information content (AvgIpc) is 3.00. The van der Waals surface area contributed by atoms with E-state index in [0.717, 1.165) is 13.1 Å². The normalized spacial score (nSPS) is 18.8. The van der Waals surface area contributed by atoms with Crippen LogP contribution >= 0.6 is 0 Å². The summed E-state index contributed by atoms with van der Waals surface area (Å²) in [6.45, 7) is 7.12. The van der Waals surface area contributed by atoms with Crippen molar-refractivity contribution < 1.29 is 19.6 Å². The lowest BCUT2D eigenvalue weighted by Gasteiger charge is -2.28. The third-order valence-electron chi connectivity index (χ3n) is 5.18. The van der Waals surface area contributed by atoms with Crippen molar-refractivity contribution in [3.8, 4) is 0 Å². The molecule has 1 amide bonds. The number of hydrogen-bond donors (Lipinski definition) is 1. The van der Waals surface area contributed by atoms with Crippen LogP contribution in [0.1, 0.15) is 31.0 Å². The van der Waals surface area contributed by atoms with Gasteiger partial charge in [-0.15, -0.1) is 0 Å². The Labute approximate surface area is 164 Å². The van der Waals surface area contributed by atoms with E-state index in [0.29, 0.717) is 24.2 Å². The number of nitrogens with zero attached hydrogens (tertiary/aromatic N) is 3. The first-order chi connectivity index (χ1) is 13.6. The van der Waals surface area contributed by atoms with Crippen molar-refractivity contribution in [2.24, 2.45) is 0 Å². The summed E-state index contributed by atoms with van der Waals surface area (Å²) in [6.07, 6.45) is 6.22. The van der Waals surface area contributed by atoms with Gasteiger partial charge in [-0.3, -0.25) is 19.6 Å². The smallest absolute Gasteiger partial charge is 0.295 e. The van der Waals surface area contributed by atoms with Gasteiger partial charge in [-0.2, -0.15) is 0 Å². The van der Waals surface area contributed by atoms with Gasteiger partial charge in [0.2, 0.25) is 5.78 Å². The fourth-order valence-corrected chi connectivity index (χ4v) is 3.53. The number of likely N-dealkylation sites (tertiary alicyclic amines) is 1. The minimum absolute atomic E-state index is 0.0150. The van der Waals surface area contributed by atoms with Crippen LogP contribution in [-0.4, -0.2) is 52.7 Å². The van der Waals surface area contributed by atoms with Gasteiger partial charge in [0.1, 0.15) is 0 Å². The molecule has 1 aliphatic heterocycles. The Kier molecular flexibility index (Phi) is 6.16. The zero-order chi connectivity index (χ0) is 20.1. The van der Waals surface area contributed by atoms with Crippen LogP contribution in [-0.2, 0) is 9.59 Å². The van der Waals surface area contributed by atoms with E-state index in [1.54, 1.807) is 36.7 Å². The number of rotatable bonds is 7. The lowest BCUT2D eigenvalue weighted by molar-refractivity contribution is -0.895. The number of amides is 1. The number of quaternary nitrogens is 1. The molecule has 0 aromatic carbocycles. The van der Waals surface area contributed by atoms with Gasteiger partial charge in [0, 0.05) is 30.4 Å². The number of Topliss-reactive ketones (excluding diaryl/α,β-unsaturated/α-hetero) is 1. The minimum atomic E-state index is -0.731.